The van der Waals surface area contributed by atoms with Crippen molar-refractivity contribution < 1.29 is 42.9 Å². The summed E-state index contributed by atoms with van der Waals surface area (Å²) in [6.45, 7) is 19.9. The smallest absolute Gasteiger partial charge is 0.331 e. The van der Waals surface area contributed by atoms with Gasteiger partial charge in [0.05, 0.1) is 62.5 Å². The van der Waals surface area contributed by atoms with Crippen LogP contribution in [-0.2, 0) is 26.2 Å². The van der Waals surface area contributed by atoms with Gasteiger partial charge in [-0.15, -0.1) is 0 Å². The van der Waals surface area contributed by atoms with Crippen molar-refractivity contribution >= 4 is 0 Å². The Morgan fingerprint density at radius 2 is 1.04 bits per heavy atom. The fraction of sp³-hybridized carbons (Fsp3) is 0.538. The van der Waals surface area contributed by atoms with Gasteiger partial charge in [-0.25, -0.2) is 4.79 Å². The van der Waals surface area contributed by atoms with Crippen LogP contribution in [-0.4, -0.2) is 57.4 Å². The zero-order valence-corrected chi connectivity index (χ0v) is 33.4. The highest BCUT2D eigenvalue weighted by atomic mass is 79.9. The number of hydrogen-bond donors (Lipinski definition) is 0. The summed E-state index contributed by atoms with van der Waals surface area (Å²) in [4.78, 5) is 26.3. The molecule has 0 unspecified atom stereocenters. The molecule has 3 rings (SSSR count). The summed E-state index contributed by atoms with van der Waals surface area (Å²) < 4.78 is 5.14. The molecule has 0 N–H and O–H groups in total. The van der Waals surface area contributed by atoms with Crippen molar-refractivity contribution in [3.63, 3.8) is 0 Å². The number of quaternary nitrogens is 2. The Morgan fingerprint density at radius 3 is 1.45 bits per heavy atom. The molecule has 10 heteroatoms. The first kappa shape index (κ1) is 44.0. The van der Waals surface area contributed by atoms with Crippen molar-refractivity contribution in [3.05, 3.63) is 103 Å². The highest BCUT2D eigenvalue weighted by Gasteiger charge is 2.24. The molecule has 2 aromatic carbocycles. The predicted octanol–water partition coefficient (Wildman–Crippen LogP) is 0.524. The Labute approximate surface area is 315 Å². The molecule has 1 heterocycles. The third-order valence-corrected chi connectivity index (χ3v) is 10.3. The molecule has 0 atom stereocenters. The molecule has 0 aliphatic rings. The van der Waals surface area contributed by atoms with E-state index >= 15 is 0 Å². The molecule has 0 amide bonds. The molecule has 0 aliphatic heterocycles. The molecule has 0 fully saturated rings. The van der Waals surface area contributed by atoms with Crippen LogP contribution in [0.25, 0.3) is 0 Å². The zero-order chi connectivity index (χ0) is 34.3. The molecule has 8 nitrogen and oxygen atoms in total. The summed E-state index contributed by atoms with van der Waals surface area (Å²) in [5, 5.41) is 18.6. The van der Waals surface area contributed by atoms with Gasteiger partial charge in [-0.05, 0) is 97.4 Å². The molecule has 3 aromatic rings. The van der Waals surface area contributed by atoms with Gasteiger partial charge in [-0.3, -0.25) is 13.9 Å². The summed E-state index contributed by atoms with van der Waals surface area (Å²) in [5.41, 5.74) is 4.14. The largest absolute Gasteiger partial charge is 1.00 e. The summed E-state index contributed by atoms with van der Waals surface area (Å²) in [7, 11) is 0. The van der Waals surface area contributed by atoms with Crippen molar-refractivity contribution in [3.8, 4) is 12.1 Å². The Morgan fingerprint density at radius 1 is 0.612 bits per heavy atom. The van der Waals surface area contributed by atoms with Crippen LogP contribution in [0, 0.1) is 29.6 Å². The third kappa shape index (κ3) is 12.7. The van der Waals surface area contributed by atoms with E-state index in [0.29, 0.717) is 24.2 Å². The van der Waals surface area contributed by atoms with Gasteiger partial charge in [0.25, 0.3) is 5.56 Å². The fourth-order valence-corrected chi connectivity index (χ4v) is 6.93. The van der Waals surface area contributed by atoms with E-state index < -0.39 is 0 Å². The second-order valence-electron chi connectivity index (χ2n) is 13.2. The lowest BCUT2D eigenvalue weighted by atomic mass is 10.1. The number of rotatable bonds is 20. The Kier molecular flexibility index (Phi) is 19.7. The van der Waals surface area contributed by atoms with Crippen LogP contribution in [0.3, 0.4) is 0 Å². The summed E-state index contributed by atoms with van der Waals surface area (Å²) >= 11 is 0. The second-order valence-corrected chi connectivity index (χ2v) is 13.2. The lowest BCUT2D eigenvalue weighted by Gasteiger charge is -2.37. The maximum absolute atomic E-state index is 13.4. The number of benzene rings is 2. The van der Waals surface area contributed by atoms with Crippen LogP contribution in [0.2, 0.25) is 0 Å². The molecule has 268 valence electrons. The number of aryl methyl sites for hydroxylation is 1. The third-order valence-electron chi connectivity index (χ3n) is 10.3. The second kappa shape index (κ2) is 21.9. The quantitative estimate of drug-likeness (QED) is 0.123. The summed E-state index contributed by atoms with van der Waals surface area (Å²) in [5.74, 6) is 0. The van der Waals surface area contributed by atoms with Crippen LogP contribution in [0.1, 0.15) is 94.2 Å². The number of aromatic nitrogens is 2. The normalized spacial score (nSPS) is 11.2. The van der Waals surface area contributed by atoms with Gasteiger partial charge < -0.3 is 42.9 Å². The van der Waals surface area contributed by atoms with Crippen molar-refractivity contribution in [2.45, 2.75) is 99.3 Å². The van der Waals surface area contributed by atoms with E-state index in [1.165, 1.54) is 15.7 Å². The summed E-state index contributed by atoms with van der Waals surface area (Å²) in [6, 6.07) is 22.0. The minimum atomic E-state index is -0.207. The molecule has 0 bridgehead atoms. The van der Waals surface area contributed by atoms with Crippen molar-refractivity contribution in [2.24, 2.45) is 0 Å². The van der Waals surface area contributed by atoms with Crippen LogP contribution >= 0.6 is 0 Å². The standard InChI is InChI=1S/C39H56N6O2.2BrH/c1-6-44(7-2,31-36-20-16-18-34(27-36)29-40)24-14-10-12-22-42-33(5)26-38(46)43(39(42)47)23-13-11-15-25-45(8-3,9-4)32-37-21-17-19-35(28-37)30-41;;/h16-21,26-28H,6-15,22-25,31-32H2,1-5H3;2*1H/q+2;;/p-2. The van der Waals surface area contributed by atoms with E-state index in [-0.39, 0.29) is 45.2 Å². The first-order valence-electron chi connectivity index (χ1n) is 17.7. The SMILES string of the molecule is CC[N+](CC)(CCCCCn1c(C)cc(=O)n(CCCCC[N+](CC)(CC)Cc2cccc(C#N)c2)c1=O)Cc1cccc(C#N)c1.[Br-].[Br-]. The topological polar surface area (TPSA) is 91.6 Å². The van der Waals surface area contributed by atoms with Crippen LogP contribution in [0.4, 0.5) is 0 Å². The Balaban J connectivity index is 0.00000600. The minimum absolute atomic E-state index is 0. The predicted molar refractivity (Wildman–Crippen MR) is 190 cm³/mol. The minimum Gasteiger partial charge on any atom is -1.00 e. The average Bonchev–Trinajstić information content (AvgIpc) is 3.09. The van der Waals surface area contributed by atoms with Crippen molar-refractivity contribution in [1.82, 2.24) is 9.13 Å². The van der Waals surface area contributed by atoms with Gasteiger partial charge in [0.15, 0.2) is 0 Å². The lowest BCUT2D eigenvalue weighted by Crippen LogP contribution is -3.00. The fourth-order valence-electron chi connectivity index (χ4n) is 6.93. The molecule has 0 spiro atoms. The maximum Gasteiger partial charge on any atom is 0.331 e. The molecule has 0 radical (unpaired) electrons. The molecule has 0 saturated heterocycles. The Hall–Kier alpha value is -3.02. The Bertz CT molecular complexity index is 1640. The highest BCUT2D eigenvalue weighted by Crippen LogP contribution is 2.19. The number of halogens is 2. The first-order valence-corrected chi connectivity index (χ1v) is 17.7. The highest BCUT2D eigenvalue weighted by molar-refractivity contribution is 5.33. The van der Waals surface area contributed by atoms with Gasteiger partial charge in [-0.2, -0.15) is 10.5 Å². The van der Waals surface area contributed by atoms with Crippen LogP contribution < -0.4 is 45.2 Å². The van der Waals surface area contributed by atoms with Gasteiger partial charge in [0, 0.05) is 36.0 Å². The van der Waals surface area contributed by atoms with Gasteiger partial charge in [0.1, 0.15) is 13.1 Å². The van der Waals surface area contributed by atoms with E-state index in [9.17, 15) is 20.1 Å². The molecular formula is C39H56Br2N6O2. The van der Waals surface area contributed by atoms with E-state index in [2.05, 4.69) is 52.0 Å². The van der Waals surface area contributed by atoms with E-state index in [4.69, 9.17) is 0 Å². The monoisotopic (exact) mass is 798 g/mol. The molecular weight excluding hydrogens is 744 g/mol. The van der Waals surface area contributed by atoms with Crippen LogP contribution in [0.5, 0.6) is 0 Å². The van der Waals surface area contributed by atoms with E-state index in [0.717, 1.165) is 106 Å². The van der Waals surface area contributed by atoms with Crippen molar-refractivity contribution in [2.75, 3.05) is 39.3 Å². The zero-order valence-electron chi connectivity index (χ0n) is 30.3. The van der Waals surface area contributed by atoms with Crippen LogP contribution in [0.15, 0.2) is 64.2 Å². The number of unbranched alkanes of at least 4 members (excludes halogenated alkanes) is 4. The van der Waals surface area contributed by atoms with Gasteiger partial charge in [0.2, 0.25) is 0 Å². The molecule has 0 saturated carbocycles. The molecule has 49 heavy (non-hydrogen) atoms. The summed E-state index contributed by atoms with van der Waals surface area (Å²) in [6.07, 6.45) is 5.73. The van der Waals surface area contributed by atoms with Gasteiger partial charge >= 0.3 is 5.69 Å². The molecule has 0 aliphatic carbocycles. The van der Waals surface area contributed by atoms with E-state index in [1.54, 1.807) is 10.6 Å². The number of nitriles is 2. The average molecular weight is 801 g/mol. The molecule has 1 aromatic heterocycles. The van der Waals surface area contributed by atoms with E-state index in [1.807, 2.05) is 43.3 Å². The first-order chi connectivity index (χ1) is 22.7. The number of hydrogen-bond acceptors (Lipinski definition) is 4. The maximum atomic E-state index is 13.4. The lowest BCUT2D eigenvalue weighted by molar-refractivity contribution is -0.938. The van der Waals surface area contributed by atoms with Gasteiger partial charge in [-0.1, -0.05) is 24.3 Å². The number of nitrogens with zero attached hydrogens (tertiary/aromatic N) is 6. The van der Waals surface area contributed by atoms with Crippen molar-refractivity contribution in [1.29, 1.82) is 10.5 Å².